The number of alkyl halides is 1. The van der Waals surface area contributed by atoms with Crippen LogP contribution in [-0.2, 0) is 16.0 Å². The Morgan fingerprint density at radius 1 is 1.53 bits per heavy atom. The van der Waals surface area contributed by atoms with Crippen LogP contribution in [0, 0.1) is 0 Å². The largest absolute Gasteiger partial charge is 0.493 e. The van der Waals surface area contributed by atoms with Crippen LogP contribution in [0.3, 0.4) is 0 Å². The van der Waals surface area contributed by atoms with Gasteiger partial charge in [-0.1, -0.05) is 15.9 Å². The van der Waals surface area contributed by atoms with Gasteiger partial charge in [0, 0.05) is 18.5 Å². The SMILES string of the molecule is COC(=O)C(Br)CNC(=O)c1ccc2c(c1)CCO2. The zero-order valence-electron chi connectivity index (χ0n) is 10.4. The quantitative estimate of drug-likeness (QED) is 0.668. The van der Waals surface area contributed by atoms with Crippen molar-refractivity contribution in [2.75, 3.05) is 20.3 Å². The van der Waals surface area contributed by atoms with E-state index in [1.165, 1.54) is 7.11 Å². The van der Waals surface area contributed by atoms with E-state index in [0.29, 0.717) is 12.2 Å². The van der Waals surface area contributed by atoms with Crippen LogP contribution >= 0.6 is 15.9 Å². The fraction of sp³-hybridized carbons (Fsp3) is 0.385. The Morgan fingerprint density at radius 3 is 3.05 bits per heavy atom. The number of benzene rings is 1. The lowest BCUT2D eigenvalue weighted by molar-refractivity contribution is -0.139. The zero-order chi connectivity index (χ0) is 13.8. The highest BCUT2D eigenvalue weighted by atomic mass is 79.9. The molecule has 0 radical (unpaired) electrons. The van der Waals surface area contributed by atoms with Crippen molar-refractivity contribution in [2.45, 2.75) is 11.2 Å². The molecule has 0 saturated heterocycles. The summed E-state index contributed by atoms with van der Waals surface area (Å²) in [6.07, 6.45) is 0.819. The van der Waals surface area contributed by atoms with Crippen LogP contribution in [0.15, 0.2) is 18.2 Å². The van der Waals surface area contributed by atoms with Gasteiger partial charge in [-0.15, -0.1) is 0 Å². The van der Waals surface area contributed by atoms with Gasteiger partial charge in [0.25, 0.3) is 5.91 Å². The van der Waals surface area contributed by atoms with Crippen LogP contribution in [-0.4, -0.2) is 37.0 Å². The molecule has 5 nitrogen and oxygen atoms in total. The summed E-state index contributed by atoms with van der Waals surface area (Å²) < 4.78 is 9.93. The molecule has 19 heavy (non-hydrogen) atoms. The van der Waals surface area contributed by atoms with E-state index in [2.05, 4.69) is 26.0 Å². The third-order valence-electron chi connectivity index (χ3n) is 2.85. The molecule has 1 amide bonds. The van der Waals surface area contributed by atoms with Crippen LogP contribution in [0.25, 0.3) is 0 Å². The highest BCUT2D eigenvalue weighted by molar-refractivity contribution is 9.10. The number of esters is 1. The summed E-state index contributed by atoms with van der Waals surface area (Å²) in [5, 5.41) is 2.68. The van der Waals surface area contributed by atoms with Crippen LogP contribution < -0.4 is 10.1 Å². The standard InChI is InChI=1S/C13H14BrNO4/c1-18-13(17)10(14)7-15-12(16)9-2-3-11-8(6-9)4-5-19-11/h2-3,6,10H,4-5,7H2,1H3,(H,15,16). The summed E-state index contributed by atoms with van der Waals surface area (Å²) in [7, 11) is 1.30. The van der Waals surface area contributed by atoms with Crippen molar-refractivity contribution in [2.24, 2.45) is 0 Å². The van der Waals surface area contributed by atoms with Crippen LogP contribution in [0.2, 0.25) is 0 Å². The number of fused-ring (bicyclic) bond motifs is 1. The number of hydrogen-bond donors (Lipinski definition) is 1. The lowest BCUT2D eigenvalue weighted by atomic mass is 10.1. The Morgan fingerprint density at radius 2 is 2.32 bits per heavy atom. The average molecular weight is 328 g/mol. The molecule has 0 aliphatic carbocycles. The normalized spacial score (nSPS) is 14.2. The zero-order valence-corrected chi connectivity index (χ0v) is 12.0. The van der Waals surface area contributed by atoms with E-state index in [4.69, 9.17) is 4.74 Å². The summed E-state index contributed by atoms with van der Waals surface area (Å²) in [5.41, 5.74) is 1.60. The Hall–Kier alpha value is -1.56. The summed E-state index contributed by atoms with van der Waals surface area (Å²) >= 11 is 3.14. The maximum atomic E-state index is 11.9. The maximum absolute atomic E-state index is 11.9. The summed E-state index contributed by atoms with van der Waals surface area (Å²) in [5.74, 6) is 0.204. The average Bonchev–Trinajstić information content (AvgIpc) is 2.90. The highest BCUT2D eigenvalue weighted by Gasteiger charge is 2.18. The maximum Gasteiger partial charge on any atom is 0.321 e. The first-order valence-corrected chi connectivity index (χ1v) is 6.79. The fourth-order valence-electron chi connectivity index (χ4n) is 1.82. The lowest BCUT2D eigenvalue weighted by Crippen LogP contribution is -2.33. The number of methoxy groups -OCH3 is 1. The number of carbonyl (C=O) groups is 2. The molecular weight excluding hydrogens is 314 g/mol. The fourth-order valence-corrected chi connectivity index (χ4v) is 2.17. The second-order valence-corrected chi connectivity index (χ2v) is 5.23. The number of halogens is 1. The first kappa shape index (κ1) is 13.9. The molecular formula is C13H14BrNO4. The van der Waals surface area contributed by atoms with Gasteiger partial charge in [0.05, 0.1) is 13.7 Å². The number of hydrogen-bond acceptors (Lipinski definition) is 4. The molecule has 1 unspecified atom stereocenters. The van der Waals surface area contributed by atoms with Crippen molar-refractivity contribution >= 4 is 27.8 Å². The van der Waals surface area contributed by atoms with E-state index < -0.39 is 10.8 Å². The molecule has 0 aromatic heterocycles. The summed E-state index contributed by atoms with van der Waals surface area (Å²) in [6.45, 7) is 0.839. The van der Waals surface area contributed by atoms with Crippen LogP contribution in [0.1, 0.15) is 15.9 Å². The first-order chi connectivity index (χ1) is 9.11. The molecule has 1 aromatic carbocycles. The monoisotopic (exact) mass is 327 g/mol. The van der Waals surface area contributed by atoms with Gasteiger partial charge in [0.1, 0.15) is 10.6 Å². The Bertz CT molecular complexity index is 503. The number of carbonyl (C=O) groups excluding carboxylic acids is 2. The molecule has 1 heterocycles. The molecule has 0 spiro atoms. The number of rotatable bonds is 4. The number of nitrogens with one attached hydrogen (secondary N) is 1. The number of amides is 1. The summed E-state index contributed by atoms with van der Waals surface area (Å²) in [6, 6.07) is 5.32. The van der Waals surface area contributed by atoms with E-state index in [1.807, 2.05) is 6.07 Å². The number of ether oxygens (including phenoxy) is 2. The Labute approximate surface area is 119 Å². The van der Waals surface area contributed by atoms with Gasteiger partial charge in [0.15, 0.2) is 0 Å². The summed E-state index contributed by atoms with van der Waals surface area (Å²) in [4.78, 5) is 22.6. The second kappa shape index (κ2) is 6.06. The Kier molecular flexibility index (Phi) is 4.42. The van der Waals surface area contributed by atoms with E-state index in [-0.39, 0.29) is 12.5 Å². The third kappa shape index (κ3) is 3.26. The molecule has 0 saturated carbocycles. The topological polar surface area (TPSA) is 64.6 Å². The molecule has 2 rings (SSSR count). The van der Waals surface area contributed by atoms with E-state index in [0.717, 1.165) is 17.7 Å². The molecule has 1 aromatic rings. The molecule has 102 valence electrons. The molecule has 0 fully saturated rings. The van der Waals surface area contributed by atoms with Gasteiger partial charge in [-0.05, 0) is 23.8 Å². The third-order valence-corrected chi connectivity index (χ3v) is 3.55. The van der Waals surface area contributed by atoms with Crippen molar-refractivity contribution in [3.05, 3.63) is 29.3 Å². The minimum Gasteiger partial charge on any atom is -0.493 e. The van der Waals surface area contributed by atoms with Crippen LogP contribution in [0.4, 0.5) is 0 Å². The van der Waals surface area contributed by atoms with E-state index >= 15 is 0 Å². The molecule has 1 atom stereocenters. The van der Waals surface area contributed by atoms with Gasteiger partial charge >= 0.3 is 5.97 Å². The van der Waals surface area contributed by atoms with Gasteiger partial charge in [0.2, 0.25) is 0 Å². The first-order valence-electron chi connectivity index (χ1n) is 5.87. The van der Waals surface area contributed by atoms with E-state index in [9.17, 15) is 9.59 Å². The molecule has 0 bridgehead atoms. The van der Waals surface area contributed by atoms with Crippen molar-refractivity contribution in [3.63, 3.8) is 0 Å². The Balaban J connectivity index is 1.95. The molecule has 1 aliphatic heterocycles. The van der Waals surface area contributed by atoms with Crippen molar-refractivity contribution in [3.8, 4) is 5.75 Å². The van der Waals surface area contributed by atoms with Gasteiger partial charge in [-0.25, -0.2) is 0 Å². The minimum absolute atomic E-state index is 0.180. The molecule has 6 heteroatoms. The molecule has 1 N–H and O–H groups in total. The minimum atomic E-state index is -0.542. The van der Waals surface area contributed by atoms with Gasteiger partial charge in [-0.2, -0.15) is 0 Å². The lowest BCUT2D eigenvalue weighted by Gasteiger charge is -2.09. The van der Waals surface area contributed by atoms with Crippen molar-refractivity contribution in [1.82, 2.24) is 5.32 Å². The van der Waals surface area contributed by atoms with Crippen molar-refractivity contribution in [1.29, 1.82) is 0 Å². The van der Waals surface area contributed by atoms with Gasteiger partial charge < -0.3 is 14.8 Å². The predicted molar refractivity (Wildman–Crippen MR) is 72.7 cm³/mol. The smallest absolute Gasteiger partial charge is 0.321 e. The van der Waals surface area contributed by atoms with Crippen molar-refractivity contribution < 1.29 is 19.1 Å². The van der Waals surface area contributed by atoms with Gasteiger partial charge in [-0.3, -0.25) is 9.59 Å². The molecule has 1 aliphatic rings. The highest BCUT2D eigenvalue weighted by Crippen LogP contribution is 2.25. The second-order valence-electron chi connectivity index (χ2n) is 4.12. The van der Waals surface area contributed by atoms with Crippen LogP contribution in [0.5, 0.6) is 5.75 Å². The van der Waals surface area contributed by atoms with E-state index in [1.54, 1.807) is 12.1 Å². The predicted octanol–water partition coefficient (Wildman–Crippen LogP) is 1.29.